The minimum Gasteiger partial charge on any atom is -0.391 e. The van der Waals surface area contributed by atoms with Gasteiger partial charge in [0.15, 0.2) is 0 Å². The molecule has 17 heavy (non-hydrogen) atoms. The molecular weight excluding hydrogens is 346 g/mol. The number of nitrogens with one attached hydrogen (secondary N) is 1. The summed E-state index contributed by atoms with van der Waals surface area (Å²) in [6.07, 6.45) is 1.93. The average molecular weight is 360 g/mol. The SMILES string of the molecule is CSCC(C)NS(=O)(=O)c1cc(CO)sc1Br. The summed E-state index contributed by atoms with van der Waals surface area (Å²) in [4.78, 5) is 0.814. The van der Waals surface area contributed by atoms with Gasteiger partial charge < -0.3 is 5.11 Å². The van der Waals surface area contributed by atoms with Crippen molar-refractivity contribution in [3.05, 3.63) is 14.7 Å². The number of aliphatic hydroxyl groups is 1. The van der Waals surface area contributed by atoms with Crippen molar-refractivity contribution in [1.82, 2.24) is 4.72 Å². The van der Waals surface area contributed by atoms with Gasteiger partial charge in [-0.25, -0.2) is 13.1 Å². The first-order valence-corrected chi connectivity index (χ1v) is 9.29. The van der Waals surface area contributed by atoms with E-state index in [1.807, 2.05) is 13.2 Å². The number of thioether (sulfide) groups is 1. The molecule has 0 amide bonds. The van der Waals surface area contributed by atoms with Gasteiger partial charge >= 0.3 is 0 Å². The number of aliphatic hydroxyl groups excluding tert-OH is 1. The third-order valence-corrected chi connectivity index (χ3v) is 6.58. The third kappa shape index (κ3) is 4.22. The van der Waals surface area contributed by atoms with E-state index < -0.39 is 10.0 Å². The summed E-state index contributed by atoms with van der Waals surface area (Å²) in [6, 6.07) is 1.36. The lowest BCUT2D eigenvalue weighted by Crippen LogP contribution is -2.34. The van der Waals surface area contributed by atoms with E-state index in [9.17, 15) is 8.42 Å². The van der Waals surface area contributed by atoms with Crippen molar-refractivity contribution in [2.75, 3.05) is 12.0 Å². The maximum absolute atomic E-state index is 12.0. The zero-order valence-electron chi connectivity index (χ0n) is 9.44. The highest BCUT2D eigenvalue weighted by molar-refractivity contribution is 9.11. The Morgan fingerprint density at radius 2 is 2.29 bits per heavy atom. The topological polar surface area (TPSA) is 66.4 Å². The van der Waals surface area contributed by atoms with Gasteiger partial charge in [0.25, 0.3) is 0 Å². The molecule has 0 saturated carbocycles. The Morgan fingerprint density at radius 3 is 2.76 bits per heavy atom. The molecule has 8 heteroatoms. The van der Waals surface area contributed by atoms with Crippen LogP contribution in [0.1, 0.15) is 11.8 Å². The Morgan fingerprint density at radius 1 is 1.65 bits per heavy atom. The molecule has 2 N–H and O–H groups in total. The van der Waals surface area contributed by atoms with Crippen LogP contribution in [-0.2, 0) is 16.6 Å². The van der Waals surface area contributed by atoms with Crippen molar-refractivity contribution in [3.8, 4) is 0 Å². The van der Waals surface area contributed by atoms with Crippen molar-refractivity contribution >= 4 is 49.1 Å². The van der Waals surface area contributed by atoms with Gasteiger partial charge in [-0.3, -0.25) is 0 Å². The Hall–Kier alpha value is 0.400. The molecule has 0 saturated heterocycles. The van der Waals surface area contributed by atoms with Crippen molar-refractivity contribution in [2.45, 2.75) is 24.5 Å². The van der Waals surface area contributed by atoms with Gasteiger partial charge in [-0.1, -0.05) is 0 Å². The maximum Gasteiger partial charge on any atom is 0.242 e. The number of hydrogen-bond acceptors (Lipinski definition) is 5. The van der Waals surface area contributed by atoms with E-state index in [1.54, 1.807) is 11.8 Å². The number of hydrogen-bond donors (Lipinski definition) is 2. The highest BCUT2D eigenvalue weighted by atomic mass is 79.9. The number of sulfonamides is 1. The van der Waals surface area contributed by atoms with E-state index >= 15 is 0 Å². The smallest absolute Gasteiger partial charge is 0.242 e. The summed E-state index contributed by atoms with van der Waals surface area (Å²) in [5.41, 5.74) is 0. The number of halogens is 1. The molecule has 98 valence electrons. The lowest BCUT2D eigenvalue weighted by molar-refractivity contribution is 0.285. The molecule has 1 aromatic rings. The van der Waals surface area contributed by atoms with Gasteiger partial charge in [0.1, 0.15) is 4.90 Å². The fourth-order valence-electron chi connectivity index (χ4n) is 1.27. The summed E-state index contributed by atoms with van der Waals surface area (Å²) >= 11 is 6.01. The molecule has 1 unspecified atom stereocenters. The molecule has 1 rings (SSSR count). The van der Waals surface area contributed by atoms with Crippen molar-refractivity contribution < 1.29 is 13.5 Å². The summed E-state index contributed by atoms with van der Waals surface area (Å²) in [7, 11) is -3.51. The third-order valence-electron chi connectivity index (χ3n) is 1.92. The van der Waals surface area contributed by atoms with Crippen LogP contribution in [0.25, 0.3) is 0 Å². The fourth-order valence-corrected chi connectivity index (χ4v) is 5.75. The van der Waals surface area contributed by atoms with E-state index in [0.717, 1.165) is 0 Å². The molecule has 0 spiro atoms. The van der Waals surface area contributed by atoms with Gasteiger partial charge in [0.05, 0.1) is 10.4 Å². The van der Waals surface area contributed by atoms with Crippen LogP contribution in [-0.4, -0.2) is 31.6 Å². The second-order valence-corrected chi connectivity index (χ2v) is 8.53. The zero-order chi connectivity index (χ0) is 13.1. The van der Waals surface area contributed by atoms with E-state index in [-0.39, 0.29) is 17.5 Å². The number of thiophene rings is 1. The van der Waals surface area contributed by atoms with Crippen LogP contribution >= 0.6 is 39.0 Å². The standard InChI is InChI=1S/C9H14BrNO3S3/c1-6(5-15-2)11-17(13,14)8-3-7(4-12)16-9(8)10/h3,6,11-12H,4-5H2,1-2H3. The van der Waals surface area contributed by atoms with Gasteiger partial charge in [0.2, 0.25) is 10.0 Å². The minimum absolute atomic E-state index is 0.126. The first-order valence-electron chi connectivity index (χ1n) is 4.81. The molecular formula is C9H14BrNO3S3. The predicted octanol–water partition coefficient (Wildman–Crippen LogP) is 2.03. The highest BCUT2D eigenvalue weighted by Gasteiger charge is 2.22. The van der Waals surface area contributed by atoms with E-state index in [4.69, 9.17) is 5.11 Å². The van der Waals surface area contributed by atoms with Crippen LogP contribution in [0.15, 0.2) is 14.7 Å². The Balaban J connectivity index is 2.92. The molecule has 1 heterocycles. The quantitative estimate of drug-likeness (QED) is 0.815. The lowest BCUT2D eigenvalue weighted by Gasteiger charge is -2.12. The van der Waals surface area contributed by atoms with Crippen molar-refractivity contribution in [1.29, 1.82) is 0 Å². The van der Waals surface area contributed by atoms with Gasteiger partial charge in [-0.15, -0.1) is 11.3 Å². The van der Waals surface area contributed by atoms with Crippen LogP contribution in [0.3, 0.4) is 0 Å². The van der Waals surface area contributed by atoms with Gasteiger partial charge in [0, 0.05) is 16.7 Å². The molecule has 1 aromatic heterocycles. The van der Waals surface area contributed by atoms with Gasteiger partial charge in [-0.2, -0.15) is 11.8 Å². The van der Waals surface area contributed by atoms with Crippen molar-refractivity contribution in [2.24, 2.45) is 0 Å². The normalized spacial score (nSPS) is 13.9. The van der Waals surface area contributed by atoms with Crippen LogP contribution in [0.5, 0.6) is 0 Å². The molecule has 0 bridgehead atoms. The fraction of sp³-hybridized carbons (Fsp3) is 0.556. The highest BCUT2D eigenvalue weighted by Crippen LogP contribution is 2.31. The van der Waals surface area contributed by atoms with Crippen LogP contribution in [0, 0.1) is 0 Å². The molecule has 0 aliphatic carbocycles. The predicted molar refractivity (Wildman–Crippen MR) is 76.1 cm³/mol. The summed E-state index contributed by atoms with van der Waals surface area (Å²) in [5, 5.41) is 8.98. The number of rotatable bonds is 6. The monoisotopic (exact) mass is 359 g/mol. The molecule has 4 nitrogen and oxygen atoms in total. The van der Waals surface area contributed by atoms with Crippen LogP contribution in [0.4, 0.5) is 0 Å². The molecule has 1 atom stereocenters. The Labute approximate surface area is 118 Å². The molecule has 0 aliphatic heterocycles. The Kier molecular flexibility index (Phi) is 5.94. The average Bonchev–Trinajstić information content (AvgIpc) is 2.60. The van der Waals surface area contributed by atoms with E-state index in [0.29, 0.717) is 14.4 Å². The zero-order valence-corrected chi connectivity index (χ0v) is 13.5. The molecule has 0 radical (unpaired) electrons. The first kappa shape index (κ1) is 15.5. The minimum atomic E-state index is -3.51. The van der Waals surface area contributed by atoms with E-state index in [1.165, 1.54) is 17.4 Å². The Bertz CT molecular complexity index is 472. The van der Waals surface area contributed by atoms with Crippen LogP contribution in [0.2, 0.25) is 0 Å². The molecule has 0 aliphatic rings. The largest absolute Gasteiger partial charge is 0.391 e. The van der Waals surface area contributed by atoms with E-state index in [2.05, 4.69) is 20.7 Å². The molecule has 0 fully saturated rings. The maximum atomic E-state index is 12.0. The molecule has 0 aromatic carbocycles. The van der Waals surface area contributed by atoms with Crippen LogP contribution < -0.4 is 4.72 Å². The van der Waals surface area contributed by atoms with Crippen molar-refractivity contribution in [3.63, 3.8) is 0 Å². The lowest BCUT2D eigenvalue weighted by atomic mass is 10.4. The summed E-state index contributed by atoms with van der Waals surface area (Å²) in [5.74, 6) is 0.716. The first-order chi connectivity index (χ1) is 7.90. The van der Waals surface area contributed by atoms with Gasteiger partial charge in [-0.05, 0) is 35.2 Å². The second kappa shape index (κ2) is 6.53. The second-order valence-electron chi connectivity index (χ2n) is 3.49. The summed E-state index contributed by atoms with van der Waals surface area (Å²) < 4.78 is 27.2. The summed E-state index contributed by atoms with van der Waals surface area (Å²) in [6.45, 7) is 1.67.